The summed E-state index contributed by atoms with van der Waals surface area (Å²) in [6.07, 6.45) is 1.45. The third kappa shape index (κ3) is 4.21. The summed E-state index contributed by atoms with van der Waals surface area (Å²) in [5.74, 6) is -0.0964. The number of aromatic amines is 1. The molecule has 10 heteroatoms. The van der Waals surface area contributed by atoms with Gasteiger partial charge in [0.15, 0.2) is 11.5 Å². The molecule has 3 heterocycles. The van der Waals surface area contributed by atoms with Crippen LogP contribution in [0.15, 0.2) is 87.3 Å². The van der Waals surface area contributed by atoms with E-state index in [2.05, 4.69) is 25.3 Å². The molecule has 5 rings (SSSR count). The lowest BCUT2D eigenvalue weighted by atomic mass is 10.1. The molecule has 5 aromatic rings. The molecule has 8 nitrogen and oxygen atoms in total. The molecule has 0 spiro atoms. The van der Waals surface area contributed by atoms with Crippen LogP contribution in [0.1, 0.15) is 16.6 Å². The number of nitrogens with zero attached hydrogens (tertiary/aromatic N) is 5. The van der Waals surface area contributed by atoms with E-state index in [1.807, 2.05) is 66.0 Å². The number of carbonyl (C=O) groups is 1. The van der Waals surface area contributed by atoms with Crippen LogP contribution in [0.4, 0.5) is 10.8 Å². The molecule has 2 aromatic carbocycles. The van der Waals surface area contributed by atoms with Crippen LogP contribution >= 0.6 is 22.7 Å². The fourth-order valence-corrected chi connectivity index (χ4v) is 4.56. The van der Waals surface area contributed by atoms with Crippen molar-refractivity contribution in [1.82, 2.24) is 19.7 Å². The molecule has 0 radical (unpaired) electrons. The fraction of sp³-hybridized carbons (Fsp3) is 0.0435. The standard InChI is InChI=1S/C23H16N6O2S2/c1-14(30)18-12-24-22(33-18)27-26-20-19(16-10-6-3-7-11-16)28-29(21(20)31)23-25-17(13-32-23)15-8-4-2-5-9-15/h2-13,28H,1H3. The van der Waals surface area contributed by atoms with E-state index >= 15 is 0 Å². The van der Waals surface area contributed by atoms with Crippen molar-refractivity contribution in [2.75, 3.05) is 0 Å². The summed E-state index contributed by atoms with van der Waals surface area (Å²) in [5.41, 5.74) is 2.80. The van der Waals surface area contributed by atoms with Gasteiger partial charge in [-0.15, -0.1) is 21.6 Å². The molecule has 0 aliphatic carbocycles. The average molecular weight is 473 g/mol. The number of hydrogen-bond acceptors (Lipinski definition) is 8. The minimum Gasteiger partial charge on any atom is -0.294 e. The van der Waals surface area contributed by atoms with Crippen molar-refractivity contribution in [3.8, 4) is 27.6 Å². The van der Waals surface area contributed by atoms with Crippen LogP contribution in [0.5, 0.6) is 0 Å². The smallest absolute Gasteiger partial charge is 0.294 e. The Morgan fingerprint density at radius 2 is 1.70 bits per heavy atom. The molecule has 0 bridgehead atoms. The Labute approximate surface area is 195 Å². The summed E-state index contributed by atoms with van der Waals surface area (Å²) >= 11 is 2.47. The van der Waals surface area contributed by atoms with Crippen molar-refractivity contribution in [2.24, 2.45) is 10.2 Å². The van der Waals surface area contributed by atoms with Gasteiger partial charge in [-0.05, 0) is 0 Å². The van der Waals surface area contributed by atoms with Gasteiger partial charge in [0.05, 0.1) is 22.5 Å². The molecule has 0 aliphatic heterocycles. The summed E-state index contributed by atoms with van der Waals surface area (Å²) in [5, 5.41) is 14.2. The van der Waals surface area contributed by atoms with E-state index < -0.39 is 0 Å². The van der Waals surface area contributed by atoms with Gasteiger partial charge >= 0.3 is 5.56 Å². The minimum atomic E-state index is -0.380. The van der Waals surface area contributed by atoms with Crippen LogP contribution in [0.25, 0.3) is 27.6 Å². The lowest BCUT2D eigenvalue weighted by Crippen LogP contribution is -2.13. The normalized spacial score (nSPS) is 11.3. The van der Waals surface area contributed by atoms with Gasteiger partial charge in [0.2, 0.25) is 10.3 Å². The highest BCUT2D eigenvalue weighted by atomic mass is 32.1. The number of carbonyl (C=O) groups excluding carboxylic acids is 1. The van der Waals surface area contributed by atoms with Crippen molar-refractivity contribution >= 4 is 39.3 Å². The van der Waals surface area contributed by atoms with Crippen LogP contribution in [0.2, 0.25) is 0 Å². The van der Waals surface area contributed by atoms with Gasteiger partial charge in [0.1, 0.15) is 0 Å². The van der Waals surface area contributed by atoms with E-state index in [-0.39, 0.29) is 17.0 Å². The number of ketones is 1. The summed E-state index contributed by atoms with van der Waals surface area (Å²) in [4.78, 5) is 34.0. The Balaban J connectivity index is 1.58. The number of benzene rings is 2. The molecule has 0 fully saturated rings. The lowest BCUT2D eigenvalue weighted by Gasteiger charge is -1.98. The Hall–Kier alpha value is -4.02. The minimum absolute atomic E-state index is 0.0964. The van der Waals surface area contributed by atoms with Crippen molar-refractivity contribution in [3.05, 3.63) is 87.5 Å². The van der Waals surface area contributed by atoms with Gasteiger partial charge in [0, 0.05) is 23.4 Å². The maximum Gasteiger partial charge on any atom is 0.301 e. The molecule has 0 saturated heterocycles. The Morgan fingerprint density at radius 3 is 2.36 bits per heavy atom. The first-order valence-electron chi connectivity index (χ1n) is 9.90. The first-order chi connectivity index (χ1) is 16.1. The number of nitrogens with one attached hydrogen (secondary N) is 1. The van der Waals surface area contributed by atoms with Crippen LogP contribution in [-0.2, 0) is 0 Å². The second kappa shape index (κ2) is 8.85. The van der Waals surface area contributed by atoms with E-state index in [4.69, 9.17) is 0 Å². The van der Waals surface area contributed by atoms with E-state index in [1.54, 1.807) is 0 Å². The molecular formula is C23H16N6O2S2. The van der Waals surface area contributed by atoms with Crippen LogP contribution in [-0.4, -0.2) is 25.5 Å². The van der Waals surface area contributed by atoms with Crippen molar-refractivity contribution in [3.63, 3.8) is 0 Å². The van der Waals surface area contributed by atoms with Gasteiger partial charge in [-0.25, -0.2) is 9.97 Å². The molecule has 162 valence electrons. The zero-order chi connectivity index (χ0) is 22.8. The maximum atomic E-state index is 13.3. The SMILES string of the molecule is CC(=O)c1cnc(N=Nc2c(-c3ccccc3)[nH]n(-c3nc(-c4ccccc4)cs3)c2=O)s1. The highest BCUT2D eigenvalue weighted by Gasteiger charge is 2.19. The van der Waals surface area contributed by atoms with E-state index in [0.29, 0.717) is 20.8 Å². The van der Waals surface area contributed by atoms with Gasteiger partial charge in [0.25, 0.3) is 0 Å². The van der Waals surface area contributed by atoms with E-state index in [9.17, 15) is 9.59 Å². The molecule has 0 atom stereocenters. The fourth-order valence-electron chi connectivity index (χ4n) is 3.14. The molecular weight excluding hydrogens is 456 g/mol. The predicted molar refractivity (Wildman–Crippen MR) is 129 cm³/mol. The van der Waals surface area contributed by atoms with Crippen LogP contribution in [0, 0.1) is 0 Å². The van der Waals surface area contributed by atoms with Crippen molar-refractivity contribution in [1.29, 1.82) is 0 Å². The first kappa shape index (κ1) is 20.9. The molecule has 0 unspecified atom stereocenters. The maximum absolute atomic E-state index is 13.3. The van der Waals surface area contributed by atoms with Crippen molar-refractivity contribution < 1.29 is 4.79 Å². The van der Waals surface area contributed by atoms with Crippen LogP contribution < -0.4 is 5.56 Å². The van der Waals surface area contributed by atoms with Gasteiger partial charge in [-0.2, -0.15) is 4.68 Å². The number of azo groups is 1. The zero-order valence-electron chi connectivity index (χ0n) is 17.3. The summed E-state index contributed by atoms with van der Waals surface area (Å²) in [6.45, 7) is 1.46. The predicted octanol–water partition coefficient (Wildman–Crippen LogP) is 6.03. The zero-order valence-corrected chi connectivity index (χ0v) is 18.9. The summed E-state index contributed by atoms with van der Waals surface area (Å²) < 4.78 is 1.37. The number of H-pyrrole nitrogens is 1. The highest BCUT2D eigenvalue weighted by Crippen LogP contribution is 2.30. The Kier molecular flexibility index (Phi) is 5.59. The summed E-state index contributed by atoms with van der Waals surface area (Å²) in [6, 6.07) is 19.2. The third-order valence-corrected chi connectivity index (χ3v) is 6.57. The highest BCUT2D eigenvalue weighted by molar-refractivity contribution is 7.17. The lowest BCUT2D eigenvalue weighted by molar-refractivity contribution is 0.102. The molecule has 33 heavy (non-hydrogen) atoms. The third-order valence-electron chi connectivity index (χ3n) is 4.76. The topological polar surface area (TPSA) is 105 Å². The van der Waals surface area contributed by atoms with Gasteiger partial charge in [-0.3, -0.25) is 14.7 Å². The monoisotopic (exact) mass is 472 g/mol. The second-order valence-corrected chi connectivity index (χ2v) is 8.83. The van der Waals surface area contributed by atoms with E-state index in [1.165, 1.54) is 29.1 Å². The molecule has 3 aromatic heterocycles. The number of Topliss-reactive ketones (excluding diaryl/α,β-unsaturated/α-hetero) is 1. The second-order valence-electron chi connectivity index (χ2n) is 6.99. The molecule has 0 aliphatic rings. The Morgan fingerprint density at radius 1 is 1.00 bits per heavy atom. The number of thiazole rings is 2. The average Bonchev–Trinajstić information content (AvgIpc) is 3.58. The number of aromatic nitrogens is 4. The molecule has 0 saturated carbocycles. The number of rotatable bonds is 6. The summed E-state index contributed by atoms with van der Waals surface area (Å²) in [7, 11) is 0. The van der Waals surface area contributed by atoms with E-state index in [0.717, 1.165) is 28.2 Å². The Bertz CT molecular complexity index is 1510. The van der Waals surface area contributed by atoms with Gasteiger partial charge < -0.3 is 0 Å². The van der Waals surface area contributed by atoms with Gasteiger partial charge in [-0.1, -0.05) is 72.0 Å². The van der Waals surface area contributed by atoms with Crippen molar-refractivity contribution in [2.45, 2.75) is 6.92 Å². The molecule has 0 amide bonds. The quantitative estimate of drug-likeness (QED) is 0.240. The molecule has 1 N–H and O–H groups in total. The van der Waals surface area contributed by atoms with Crippen LogP contribution in [0.3, 0.4) is 0 Å². The number of hydrogen-bond donors (Lipinski definition) is 1. The first-order valence-corrected chi connectivity index (χ1v) is 11.6. The largest absolute Gasteiger partial charge is 0.301 e.